The van der Waals surface area contributed by atoms with Gasteiger partial charge in [-0.15, -0.1) is 0 Å². The maximum atomic E-state index is 10.7. The second-order valence-corrected chi connectivity index (χ2v) is 2.89. The van der Waals surface area contributed by atoms with Crippen LogP contribution in [0.2, 0.25) is 5.15 Å². The zero-order valence-corrected chi connectivity index (χ0v) is 7.19. The number of carbonyl (C=O) groups is 1. The van der Waals surface area contributed by atoms with E-state index in [1.807, 2.05) is 0 Å². The number of carboxylic acids is 1. The third kappa shape index (κ3) is 1.15. The third-order valence-corrected chi connectivity index (χ3v) is 2.03. The molecular formula is C8H5ClN2O2. The van der Waals surface area contributed by atoms with Crippen LogP contribution in [0.3, 0.4) is 0 Å². The van der Waals surface area contributed by atoms with Crippen molar-refractivity contribution in [2.75, 3.05) is 0 Å². The van der Waals surface area contributed by atoms with Crippen LogP contribution in [0.5, 0.6) is 0 Å². The first-order chi connectivity index (χ1) is 6.20. The average molecular weight is 197 g/mol. The Bertz CT molecular complexity index is 478. The van der Waals surface area contributed by atoms with Crippen LogP contribution in [0.25, 0.3) is 5.52 Å². The lowest BCUT2D eigenvalue weighted by atomic mass is 10.3. The fourth-order valence-electron chi connectivity index (χ4n) is 1.15. The molecule has 2 rings (SSSR count). The van der Waals surface area contributed by atoms with Crippen LogP contribution >= 0.6 is 11.6 Å². The molecule has 0 fully saturated rings. The van der Waals surface area contributed by atoms with Gasteiger partial charge in [-0.25, -0.2) is 9.78 Å². The summed E-state index contributed by atoms with van der Waals surface area (Å²) in [6.07, 6.45) is 1.39. The molecule has 2 aromatic rings. The van der Waals surface area contributed by atoms with Gasteiger partial charge in [0.25, 0.3) is 0 Å². The molecule has 0 saturated heterocycles. The fourth-order valence-corrected chi connectivity index (χ4v) is 1.36. The number of hydrogen-bond donors (Lipinski definition) is 1. The highest BCUT2D eigenvalue weighted by molar-refractivity contribution is 6.29. The van der Waals surface area contributed by atoms with Gasteiger partial charge in [0.1, 0.15) is 11.5 Å². The number of aromatic nitrogens is 2. The van der Waals surface area contributed by atoms with Crippen LogP contribution in [-0.2, 0) is 0 Å². The van der Waals surface area contributed by atoms with Crippen molar-refractivity contribution < 1.29 is 9.90 Å². The summed E-state index contributed by atoms with van der Waals surface area (Å²) in [5, 5.41) is 9.19. The number of pyridine rings is 1. The molecule has 5 heteroatoms. The minimum Gasteiger partial charge on any atom is -0.476 e. The molecule has 0 bridgehead atoms. The molecule has 0 radical (unpaired) electrons. The monoisotopic (exact) mass is 196 g/mol. The Hall–Kier alpha value is -1.55. The van der Waals surface area contributed by atoms with Crippen molar-refractivity contribution in [3.05, 3.63) is 35.4 Å². The van der Waals surface area contributed by atoms with Gasteiger partial charge in [0.15, 0.2) is 5.69 Å². The molecule has 66 valence electrons. The van der Waals surface area contributed by atoms with E-state index in [1.165, 1.54) is 10.7 Å². The van der Waals surface area contributed by atoms with Gasteiger partial charge in [-0.3, -0.25) is 4.40 Å². The standard InChI is InChI=1S/C8H5ClN2O2/c9-6-3-1-2-5-7(8(12)13)10-4-11(5)6/h1-4H,(H,12,13). The van der Waals surface area contributed by atoms with Crippen molar-refractivity contribution in [3.8, 4) is 0 Å². The number of halogens is 1. The summed E-state index contributed by atoms with van der Waals surface area (Å²) in [6.45, 7) is 0. The second kappa shape index (κ2) is 2.74. The van der Waals surface area contributed by atoms with Gasteiger partial charge >= 0.3 is 5.97 Å². The molecule has 0 atom stereocenters. The molecule has 0 aliphatic carbocycles. The minimum absolute atomic E-state index is 0.0162. The summed E-state index contributed by atoms with van der Waals surface area (Å²) in [5.41, 5.74) is 0.516. The van der Waals surface area contributed by atoms with E-state index in [0.29, 0.717) is 10.7 Å². The minimum atomic E-state index is -1.05. The van der Waals surface area contributed by atoms with E-state index in [9.17, 15) is 4.79 Å². The lowest BCUT2D eigenvalue weighted by Gasteiger charge is -1.95. The Kier molecular flexibility index (Phi) is 1.70. The first-order valence-corrected chi connectivity index (χ1v) is 3.93. The summed E-state index contributed by atoms with van der Waals surface area (Å²) >= 11 is 5.81. The van der Waals surface area contributed by atoms with Crippen LogP contribution in [-0.4, -0.2) is 20.5 Å². The molecule has 2 aromatic heterocycles. The van der Waals surface area contributed by atoms with Gasteiger partial charge in [-0.2, -0.15) is 0 Å². The van der Waals surface area contributed by atoms with Crippen LogP contribution in [0.1, 0.15) is 10.5 Å². The lowest BCUT2D eigenvalue weighted by Crippen LogP contribution is -1.97. The summed E-state index contributed by atoms with van der Waals surface area (Å²) < 4.78 is 1.52. The summed E-state index contributed by atoms with van der Waals surface area (Å²) in [4.78, 5) is 14.4. The number of imidazole rings is 1. The molecule has 0 aliphatic rings. The van der Waals surface area contributed by atoms with E-state index >= 15 is 0 Å². The second-order valence-electron chi connectivity index (χ2n) is 2.50. The molecule has 0 aliphatic heterocycles. The first kappa shape index (κ1) is 8.07. The molecule has 0 saturated carbocycles. The molecule has 0 aromatic carbocycles. The van der Waals surface area contributed by atoms with E-state index in [4.69, 9.17) is 16.7 Å². The smallest absolute Gasteiger partial charge is 0.356 e. The molecule has 13 heavy (non-hydrogen) atoms. The molecule has 0 unspecified atom stereocenters. The van der Waals surface area contributed by atoms with Crippen LogP contribution in [0.15, 0.2) is 24.5 Å². The molecule has 0 amide bonds. The van der Waals surface area contributed by atoms with E-state index < -0.39 is 5.97 Å². The van der Waals surface area contributed by atoms with Crippen molar-refractivity contribution >= 4 is 23.1 Å². The highest BCUT2D eigenvalue weighted by Gasteiger charge is 2.11. The molecule has 2 heterocycles. The summed E-state index contributed by atoms with van der Waals surface area (Å²) in [5.74, 6) is -1.05. The normalized spacial score (nSPS) is 10.5. The maximum Gasteiger partial charge on any atom is 0.356 e. The number of rotatable bonds is 1. The Balaban J connectivity index is 2.83. The molecule has 4 nitrogen and oxygen atoms in total. The molecule has 0 spiro atoms. The maximum absolute atomic E-state index is 10.7. The summed E-state index contributed by atoms with van der Waals surface area (Å²) in [6, 6.07) is 5.01. The van der Waals surface area contributed by atoms with Gasteiger partial charge in [0.05, 0.1) is 5.52 Å². The fraction of sp³-hybridized carbons (Fsp3) is 0. The number of nitrogens with zero attached hydrogens (tertiary/aromatic N) is 2. The van der Waals surface area contributed by atoms with E-state index in [1.54, 1.807) is 18.2 Å². The number of fused-ring (bicyclic) bond motifs is 1. The third-order valence-electron chi connectivity index (χ3n) is 1.73. The Morgan fingerprint density at radius 1 is 1.54 bits per heavy atom. The van der Waals surface area contributed by atoms with Crippen LogP contribution in [0, 0.1) is 0 Å². The number of aromatic carboxylic acids is 1. The summed E-state index contributed by atoms with van der Waals surface area (Å²) in [7, 11) is 0. The highest BCUT2D eigenvalue weighted by atomic mass is 35.5. The van der Waals surface area contributed by atoms with Crippen molar-refractivity contribution in [1.82, 2.24) is 9.38 Å². The predicted molar refractivity (Wildman–Crippen MR) is 47.2 cm³/mol. The van der Waals surface area contributed by atoms with E-state index in [2.05, 4.69) is 4.98 Å². The molecule has 1 N–H and O–H groups in total. The predicted octanol–water partition coefficient (Wildman–Crippen LogP) is 1.69. The van der Waals surface area contributed by atoms with Crippen molar-refractivity contribution in [2.24, 2.45) is 0 Å². The van der Waals surface area contributed by atoms with Crippen molar-refractivity contribution in [3.63, 3.8) is 0 Å². The van der Waals surface area contributed by atoms with Crippen LogP contribution < -0.4 is 0 Å². The Morgan fingerprint density at radius 2 is 2.31 bits per heavy atom. The number of carboxylic acid groups (broad SMARTS) is 1. The topological polar surface area (TPSA) is 54.6 Å². The van der Waals surface area contributed by atoms with Crippen molar-refractivity contribution in [2.45, 2.75) is 0 Å². The zero-order valence-electron chi connectivity index (χ0n) is 6.44. The van der Waals surface area contributed by atoms with Gasteiger partial charge in [-0.1, -0.05) is 17.7 Å². The van der Waals surface area contributed by atoms with Crippen LogP contribution in [0.4, 0.5) is 0 Å². The zero-order chi connectivity index (χ0) is 9.42. The highest BCUT2D eigenvalue weighted by Crippen LogP contribution is 2.15. The lowest BCUT2D eigenvalue weighted by molar-refractivity contribution is 0.0693. The van der Waals surface area contributed by atoms with Gasteiger partial charge in [-0.05, 0) is 12.1 Å². The SMILES string of the molecule is O=C(O)c1ncn2c(Cl)cccc12. The largest absolute Gasteiger partial charge is 0.476 e. The Labute approximate surface area is 78.4 Å². The van der Waals surface area contributed by atoms with Gasteiger partial charge in [0, 0.05) is 0 Å². The average Bonchev–Trinajstić information content (AvgIpc) is 2.48. The van der Waals surface area contributed by atoms with Crippen molar-refractivity contribution in [1.29, 1.82) is 0 Å². The van der Waals surface area contributed by atoms with E-state index in [0.717, 1.165) is 0 Å². The van der Waals surface area contributed by atoms with E-state index in [-0.39, 0.29) is 5.69 Å². The number of hydrogen-bond acceptors (Lipinski definition) is 2. The molecular weight excluding hydrogens is 192 g/mol. The van der Waals surface area contributed by atoms with Gasteiger partial charge < -0.3 is 5.11 Å². The Morgan fingerprint density at radius 3 is 3.00 bits per heavy atom. The quantitative estimate of drug-likeness (QED) is 0.707. The first-order valence-electron chi connectivity index (χ1n) is 3.55. The van der Waals surface area contributed by atoms with Gasteiger partial charge in [0.2, 0.25) is 0 Å².